The van der Waals surface area contributed by atoms with Crippen molar-refractivity contribution in [3.05, 3.63) is 59.4 Å². The molecule has 2 rings (SSSR count). The zero-order chi connectivity index (χ0) is 15.1. The summed E-state index contributed by atoms with van der Waals surface area (Å²) in [5.74, 6) is -0.150. The first kappa shape index (κ1) is 15.7. The van der Waals surface area contributed by atoms with Crippen LogP contribution in [0.25, 0.3) is 11.1 Å². The number of halogens is 1. The van der Waals surface area contributed by atoms with Gasteiger partial charge < -0.3 is 5.32 Å². The number of rotatable bonds is 7. The van der Waals surface area contributed by atoms with Gasteiger partial charge in [0, 0.05) is 12.1 Å². The maximum atomic E-state index is 14.1. The number of nitrogens with one attached hydrogen (secondary N) is 1. The van der Waals surface area contributed by atoms with E-state index in [1.54, 1.807) is 6.07 Å². The highest BCUT2D eigenvalue weighted by molar-refractivity contribution is 5.65. The lowest BCUT2D eigenvalue weighted by atomic mass is 9.99. The van der Waals surface area contributed by atoms with Gasteiger partial charge in [-0.05, 0) is 48.2 Å². The molecule has 21 heavy (non-hydrogen) atoms. The maximum absolute atomic E-state index is 14.1. The third-order valence-corrected chi connectivity index (χ3v) is 3.56. The topological polar surface area (TPSA) is 12.0 Å². The molecule has 2 aromatic carbocycles. The molecule has 2 heteroatoms. The molecule has 112 valence electrons. The van der Waals surface area contributed by atoms with E-state index < -0.39 is 0 Å². The molecule has 0 aliphatic rings. The number of hydrogen-bond acceptors (Lipinski definition) is 1. The van der Waals surface area contributed by atoms with Crippen LogP contribution in [0.1, 0.15) is 37.8 Å². The van der Waals surface area contributed by atoms with Gasteiger partial charge in [-0.15, -0.1) is 0 Å². The zero-order valence-corrected chi connectivity index (χ0v) is 13.0. The molecule has 2 aromatic rings. The molecule has 0 spiro atoms. The molecule has 1 nitrogen and oxygen atoms in total. The van der Waals surface area contributed by atoms with E-state index in [1.807, 2.05) is 24.3 Å². The summed E-state index contributed by atoms with van der Waals surface area (Å²) in [6, 6.07) is 13.6. The van der Waals surface area contributed by atoms with Gasteiger partial charge in [-0.3, -0.25) is 0 Å². The standard InChI is InChI=1S/C19H24FN/c1-3-6-15-7-5-8-17(12-15)18-13-16(9-10-19(18)20)14-21-11-4-2/h5,7-10,12-13,21H,3-4,6,11,14H2,1-2H3. The molecule has 0 bridgehead atoms. The zero-order valence-electron chi connectivity index (χ0n) is 13.0. The van der Waals surface area contributed by atoms with Crippen LogP contribution in [-0.2, 0) is 13.0 Å². The third kappa shape index (κ3) is 4.40. The lowest BCUT2D eigenvalue weighted by Gasteiger charge is -2.09. The van der Waals surface area contributed by atoms with Crippen LogP contribution < -0.4 is 5.32 Å². The Kier molecular flexibility index (Phi) is 5.94. The fraction of sp³-hybridized carbons (Fsp3) is 0.368. The first-order valence-corrected chi connectivity index (χ1v) is 7.83. The molecule has 0 atom stereocenters. The summed E-state index contributed by atoms with van der Waals surface area (Å²) in [4.78, 5) is 0. The van der Waals surface area contributed by atoms with Gasteiger partial charge in [0.1, 0.15) is 5.82 Å². The van der Waals surface area contributed by atoms with Crippen molar-refractivity contribution in [3.63, 3.8) is 0 Å². The van der Waals surface area contributed by atoms with Crippen LogP contribution in [0.15, 0.2) is 42.5 Å². The normalized spacial score (nSPS) is 10.8. The van der Waals surface area contributed by atoms with E-state index in [0.717, 1.165) is 43.5 Å². The lowest BCUT2D eigenvalue weighted by Crippen LogP contribution is -2.13. The molecule has 0 saturated heterocycles. The molecule has 0 unspecified atom stereocenters. The second-order valence-corrected chi connectivity index (χ2v) is 5.44. The molecule has 0 heterocycles. The van der Waals surface area contributed by atoms with E-state index in [9.17, 15) is 4.39 Å². The molecule has 0 aliphatic heterocycles. The minimum atomic E-state index is -0.150. The Hall–Kier alpha value is -1.67. The summed E-state index contributed by atoms with van der Waals surface area (Å²) in [5.41, 5.74) is 4.06. The predicted molar refractivity (Wildman–Crippen MR) is 87.8 cm³/mol. The Morgan fingerprint density at radius 1 is 0.952 bits per heavy atom. The van der Waals surface area contributed by atoms with Gasteiger partial charge in [0.2, 0.25) is 0 Å². The molecular formula is C19H24FN. The SMILES string of the molecule is CCCNCc1ccc(F)c(-c2cccc(CCC)c2)c1. The van der Waals surface area contributed by atoms with Crippen LogP contribution in [0, 0.1) is 5.82 Å². The van der Waals surface area contributed by atoms with Crippen molar-refractivity contribution in [3.8, 4) is 11.1 Å². The molecular weight excluding hydrogens is 261 g/mol. The van der Waals surface area contributed by atoms with Crippen molar-refractivity contribution in [1.82, 2.24) is 5.32 Å². The molecule has 0 saturated carbocycles. The summed E-state index contributed by atoms with van der Waals surface area (Å²) in [5, 5.41) is 3.36. The van der Waals surface area contributed by atoms with E-state index in [0.29, 0.717) is 5.56 Å². The Morgan fingerprint density at radius 3 is 2.57 bits per heavy atom. The van der Waals surface area contributed by atoms with Gasteiger partial charge in [0.05, 0.1) is 0 Å². The lowest BCUT2D eigenvalue weighted by molar-refractivity contribution is 0.628. The van der Waals surface area contributed by atoms with Gasteiger partial charge in [-0.2, -0.15) is 0 Å². The summed E-state index contributed by atoms with van der Waals surface area (Å²) in [6.45, 7) is 6.07. The second kappa shape index (κ2) is 7.94. The van der Waals surface area contributed by atoms with Crippen molar-refractivity contribution in [2.24, 2.45) is 0 Å². The summed E-state index contributed by atoms with van der Waals surface area (Å²) in [7, 11) is 0. The molecule has 0 aromatic heterocycles. The van der Waals surface area contributed by atoms with Crippen LogP contribution >= 0.6 is 0 Å². The van der Waals surface area contributed by atoms with Crippen molar-refractivity contribution in [2.75, 3.05) is 6.54 Å². The average Bonchev–Trinajstić information content (AvgIpc) is 2.50. The Balaban J connectivity index is 2.25. The van der Waals surface area contributed by atoms with Gasteiger partial charge in [0.15, 0.2) is 0 Å². The number of aryl methyl sites for hydroxylation is 1. The van der Waals surface area contributed by atoms with Crippen molar-refractivity contribution in [1.29, 1.82) is 0 Å². The predicted octanol–water partition coefficient (Wildman–Crippen LogP) is 4.94. The van der Waals surface area contributed by atoms with E-state index in [4.69, 9.17) is 0 Å². The highest BCUT2D eigenvalue weighted by Crippen LogP contribution is 2.25. The van der Waals surface area contributed by atoms with E-state index in [-0.39, 0.29) is 5.82 Å². The molecule has 0 aliphatic carbocycles. The van der Waals surface area contributed by atoms with Gasteiger partial charge in [-0.1, -0.05) is 50.6 Å². The van der Waals surface area contributed by atoms with E-state index in [1.165, 1.54) is 5.56 Å². The summed E-state index contributed by atoms with van der Waals surface area (Å²) >= 11 is 0. The first-order valence-electron chi connectivity index (χ1n) is 7.83. The van der Waals surface area contributed by atoms with Crippen LogP contribution in [-0.4, -0.2) is 6.54 Å². The Bertz CT molecular complexity index is 578. The molecule has 0 radical (unpaired) electrons. The summed E-state index contributed by atoms with van der Waals surface area (Å²) < 4.78 is 14.1. The highest BCUT2D eigenvalue weighted by Gasteiger charge is 2.07. The minimum absolute atomic E-state index is 0.150. The van der Waals surface area contributed by atoms with Gasteiger partial charge in [0.25, 0.3) is 0 Å². The monoisotopic (exact) mass is 285 g/mol. The second-order valence-electron chi connectivity index (χ2n) is 5.44. The minimum Gasteiger partial charge on any atom is -0.313 e. The Morgan fingerprint density at radius 2 is 1.81 bits per heavy atom. The smallest absolute Gasteiger partial charge is 0.131 e. The van der Waals surface area contributed by atoms with Crippen molar-refractivity contribution >= 4 is 0 Å². The quantitative estimate of drug-likeness (QED) is 0.710. The number of benzene rings is 2. The molecule has 0 amide bonds. The largest absolute Gasteiger partial charge is 0.313 e. The highest BCUT2D eigenvalue weighted by atomic mass is 19.1. The van der Waals surface area contributed by atoms with Crippen LogP contribution in [0.4, 0.5) is 4.39 Å². The van der Waals surface area contributed by atoms with Gasteiger partial charge >= 0.3 is 0 Å². The number of hydrogen-bond donors (Lipinski definition) is 1. The van der Waals surface area contributed by atoms with Gasteiger partial charge in [-0.25, -0.2) is 4.39 Å². The maximum Gasteiger partial charge on any atom is 0.131 e. The van der Waals surface area contributed by atoms with E-state index in [2.05, 4.69) is 31.3 Å². The first-order chi connectivity index (χ1) is 10.2. The fourth-order valence-electron chi connectivity index (χ4n) is 2.50. The average molecular weight is 285 g/mol. The molecule has 1 N–H and O–H groups in total. The van der Waals surface area contributed by atoms with Crippen LogP contribution in [0.2, 0.25) is 0 Å². The van der Waals surface area contributed by atoms with Crippen molar-refractivity contribution in [2.45, 2.75) is 39.7 Å². The summed E-state index contributed by atoms with van der Waals surface area (Å²) in [6.07, 6.45) is 3.24. The Labute approximate surface area is 127 Å². The van der Waals surface area contributed by atoms with Crippen LogP contribution in [0.3, 0.4) is 0 Å². The van der Waals surface area contributed by atoms with Crippen molar-refractivity contribution < 1.29 is 4.39 Å². The molecule has 0 fully saturated rings. The fourth-order valence-corrected chi connectivity index (χ4v) is 2.50. The van der Waals surface area contributed by atoms with Crippen LogP contribution in [0.5, 0.6) is 0 Å². The third-order valence-electron chi connectivity index (χ3n) is 3.56. The van der Waals surface area contributed by atoms with E-state index >= 15 is 0 Å².